The van der Waals surface area contributed by atoms with E-state index < -0.39 is 46.6 Å². The maximum Gasteiger partial charge on any atom is 0.269 e. The van der Waals surface area contributed by atoms with Crippen LogP contribution in [0, 0.1) is 28.9 Å². The molecule has 166 valence electrons. The molecule has 2 fully saturated rings. The number of fused-ring (bicyclic) bond motifs is 3. The zero-order valence-corrected chi connectivity index (χ0v) is 17.5. The lowest BCUT2D eigenvalue weighted by Crippen LogP contribution is -2.47. The van der Waals surface area contributed by atoms with E-state index >= 15 is 0 Å². The Balaban J connectivity index is 1.52. The second kappa shape index (κ2) is 7.66. The zero-order chi connectivity index (χ0) is 23.3. The maximum absolute atomic E-state index is 13.6. The number of nitro benzene ring substituents is 1. The summed E-state index contributed by atoms with van der Waals surface area (Å²) in [5.74, 6) is -3.15. The molecule has 3 amide bonds. The van der Waals surface area contributed by atoms with Crippen LogP contribution >= 0.6 is 0 Å². The number of amides is 3. The Morgan fingerprint density at radius 3 is 2.52 bits per heavy atom. The first-order valence-corrected chi connectivity index (χ1v) is 10.4. The molecule has 0 aliphatic carbocycles. The summed E-state index contributed by atoms with van der Waals surface area (Å²) in [6.07, 6.45) is 4.97. The number of anilines is 2. The number of hydrazone groups is 1. The van der Waals surface area contributed by atoms with E-state index in [0.717, 1.165) is 4.90 Å². The predicted molar refractivity (Wildman–Crippen MR) is 119 cm³/mol. The van der Waals surface area contributed by atoms with E-state index in [1.54, 1.807) is 43.3 Å². The molecule has 5 rings (SSSR count). The number of nitrogens with zero attached hydrogens (tertiary/aromatic N) is 4. The van der Waals surface area contributed by atoms with Crippen LogP contribution in [0.1, 0.15) is 5.56 Å². The van der Waals surface area contributed by atoms with E-state index in [2.05, 4.69) is 10.4 Å². The van der Waals surface area contributed by atoms with E-state index in [1.165, 1.54) is 29.4 Å². The van der Waals surface area contributed by atoms with Crippen molar-refractivity contribution in [1.29, 1.82) is 0 Å². The average molecular weight is 445 g/mol. The minimum absolute atomic E-state index is 0.133. The molecule has 2 saturated heterocycles. The second-order valence-corrected chi connectivity index (χ2v) is 8.11. The van der Waals surface area contributed by atoms with Crippen molar-refractivity contribution in [3.8, 4) is 0 Å². The molecule has 33 heavy (non-hydrogen) atoms. The molecular formula is C23H19N5O5. The molecule has 3 aliphatic heterocycles. The molecule has 0 radical (unpaired) electrons. The molecule has 0 aromatic heterocycles. The lowest BCUT2D eigenvalue weighted by atomic mass is 9.88. The number of benzene rings is 2. The quantitative estimate of drug-likeness (QED) is 0.437. The first kappa shape index (κ1) is 20.6. The van der Waals surface area contributed by atoms with Crippen LogP contribution in [0.15, 0.2) is 65.8 Å². The van der Waals surface area contributed by atoms with E-state index in [0.29, 0.717) is 11.3 Å². The van der Waals surface area contributed by atoms with Crippen LogP contribution in [0.5, 0.6) is 0 Å². The van der Waals surface area contributed by atoms with Crippen molar-refractivity contribution in [2.75, 3.05) is 10.2 Å². The molecule has 3 heterocycles. The molecule has 10 heteroatoms. The lowest BCUT2D eigenvalue weighted by Gasteiger charge is -2.30. The Morgan fingerprint density at radius 1 is 1.09 bits per heavy atom. The van der Waals surface area contributed by atoms with Gasteiger partial charge < -0.3 is 5.32 Å². The van der Waals surface area contributed by atoms with E-state index in [1.807, 2.05) is 6.07 Å². The first-order chi connectivity index (χ1) is 15.9. The highest BCUT2D eigenvalue weighted by Crippen LogP contribution is 2.46. The standard InChI is InChI=1S/C23H19N5O5/c1-13-12-15(28(32)33)9-10-16(13)26-22(30)18-17-8-5-11-24-27(17)20(19(18)23(26)31)21(29)25-14-6-3-2-4-7-14/h2-12,17-20H,1H3,(H,25,29)/t17-,18-,19-,20-/m0/s1. The number of allylic oxidation sites excluding steroid dienone is 1. The molecule has 0 unspecified atom stereocenters. The maximum atomic E-state index is 13.6. The summed E-state index contributed by atoms with van der Waals surface area (Å²) >= 11 is 0. The monoisotopic (exact) mass is 445 g/mol. The van der Waals surface area contributed by atoms with Gasteiger partial charge in [-0.25, -0.2) is 4.90 Å². The highest BCUT2D eigenvalue weighted by molar-refractivity contribution is 6.24. The highest BCUT2D eigenvalue weighted by Gasteiger charge is 2.64. The van der Waals surface area contributed by atoms with Crippen molar-refractivity contribution in [2.24, 2.45) is 16.9 Å². The Labute approximate surface area is 188 Å². The van der Waals surface area contributed by atoms with E-state index in [9.17, 15) is 24.5 Å². The lowest BCUT2D eigenvalue weighted by molar-refractivity contribution is -0.384. The fraction of sp³-hybridized carbons (Fsp3) is 0.217. The van der Waals surface area contributed by atoms with Gasteiger partial charge in [-0.1, -0.05) is 24.3 Å². The SMILES string of the molecule is Cc1cc([N+](=O)[O-])ccc1N1C(=O)[C@@H]2[C@H](C1=O)[C@@H](C(=O)Nc1ccccc1)N1N=CC=C[C@@H]21. The number of nitrogens with one attached hydrogen (secondary N) is 1. The molecule has 10 nitrogen and oxygen atoms in total. The average Bonchev–Trinajstić information content (AvgIpc) is 3.27. The fourth-order valence-corrected chi connectivity index (χ4v) is 4.82. The van der Waals surface area contributed by atoms with Crippen LogP contribution in [0.3, 0.4) is 0 Å². The normalized spacial score (nSPS) is 25.2. The largest absolute Gasteiger partial charge is 0.324 e. The summed E-state index contributed by atoms with van der Waals surface area (Å²) in [6, 6.07) is 11.3. The third kappa shape index (κ3) is 3.18. The number of imide groups is 1. The van der Waals surface area contributed by atoms with Crippen molar-refractivity contribution in [2.45, 2.75) is 19.0 Å². The summed E-state index contributed by atoms with van der Waals surface area (Å²) in [6.45, 7) is 1.60. The number of para-hydroxylation sites is 1. The van der Waals surface area contributed by atoms with Gasteiger partial charge in [0.05, 0.1) is 28.5 Å². The van der Waals surface area contributed by atoms with Gasteiger partial charge in [0.15, 0.2) is 0 Å². The van der Waals surface area contributed by atoms with Crippen molar-refractivity contribution in [1.82, 2.24) is 5.01 Å². The number of hydrogen-bond donors (Lipinski definition) is 1. The van der Waals surface area contributed by atoms with Crippen LogP contribution in [0.2, 0.25) is 0 Å². The van der Waals surface area contributed by atoms with E-state index in [-0.39, 0.29) is 11.4 Å². The van der Waals surface area contributed by atoms with Crippen molar-refractivity contribution in [3.63, 3.8) is 0 Å². The van der Waals surface area contributed by atoms with Crippen molar-refractivity contribution in [3.05, 3.63) is 76.4 Å². The number of carbonyl (C=O) groups is 3. The molecule has 4 atom stereocenters. The summed E-state index contributed by atoms with van der Waals surface area (Å²) in [5.41, 5.74) is 1.14. The number of non-ortho nitro benzene ring substituents is 1. The summed E-state index contributed by atoms with van der Waals surface area (Å²) < 4.78 is 0. The minimum atomic E-state index is -0.985. The van der Waals surface area contributed by atoms with Gasteiger partial charge in [0.1, 0.15) is 6.04 Å². The van der Waals surface area contributed by atoms with Crippen LogP contribution in [-0.2, 0) is 14.4 Å². The number of carbonyl (C=O) groups excluding carboxylic acids is 3. The third-order valence-corrected chi connectivity index (χ3v) is 6.23. The number of nitro groups is 1. The molecule has 0 spiro atoms. The predicted octanol–water partition coefficient (Wildman–Crippen LogP) is 2.26. The smallest absolute Gasteiger partial charge is 0.269 e. The van der Waals surface area contributed by atoms with Gasteiger partial charge in [0.2, 0.25) is 17.7 Å². The molecule has 1 N–H and O–H groups in total. The Morgan fingerprint density at radius 2 is 1.82 bits per heavy atom. The number of aryl methyl sites for hydroxylation is 1. The molecule has 2 aromatic rings. The van der Waals surface area contributed by atoms with Gasteiger partial charge in [0.25, 0.3) is 5.69 Å². The minimum Gasteiger partial charge on any atom is -0.324 e. The highest BCUT2D eigenvalue weighted by atomic mass is 16.6. The van der Waals surface area contributed by atoms with Crippen LogP contribution < -0.4 is 10.2 Å². The Hall–Kier alpha value is -4.34. The number of rotatable bonds is 4. The molecule has 2 aromatic carbocycles. The van der Waals surface area contributed by atoms with Gasteiger partial charge in [-0.2, -0.15) is 5.10 Å². The third-order valence-electron chi connectivity index (χ3n) is 6.23. The van der Waals surface area contributed by atoms with E-state index in [4.69, 9.17) is 0 Å². The fourth-order valence-electron chi connectivity index (χ4n) is 4.82. The first-order valence-electron chi connectivity index (χ1n) is 10.4. The van der Waals surface area contributed by atoms with Crippen LogP contribution in [0.25, 0.3) is 0 Å². The van der Waals surface area contributed by atoms with Crippen molar-refractivity contribution < 1.29 is 19.3 Å². The number of hydrogen-bond acceptors (Lipinski definition) is 7. The van der Waals surface area contributed by atoms with Gasteiger partial charge >= 0.3 is 0 Å². The molecule has 0 bridgehead atoms. The molecule has 0 saturated carbocycles. The van der Waals surface area contributed by atoms with Gasteiger partial charge in [-0.05, 0) is 36.8 Å². The van der Waals surface area contributed by atoms with Gasteiger partial charge in [0, 0.05) is 24.0 Å². The van der Waals surface area contributed by atoms with Crippen LogP contribution in [0.4, 0.5) is 17.1 Å². The summed E-state index contributed by atoms with van der Waals surface area (Å²) in [4.78, 5) is 51.9. The topological polar surface area (TPSA) is 125 Å². The Bertz CT molecular complexity index is 1240. The van der Waals surface area contributed by atoms with Gasteiger partial charge in [-0.3, -0.25) is 29.5 Å². The Kier molecular flexibility index (Phi) is 4.77. The second-order valence-electron chi connectivity index (χ2n) is 8.11. The summed E-state index contributed by atoms with van der Waals surface area (Å²) in [7, 11) is 0. The molecular weight excluding hydrogens is 426 g/mol. The van der Waals surface area contributed by atoms with Crippen LogP contribution in [-0.4, -0.2) is 46.0 Å². The molecule has 3 aliphatic rings. The zero-order valence-electron chi connectivity index (χ0n) is 17.5. The van der Waals surface area contributed by atoms with Crippen molar-refractivity contribution >= 4 is 41.0 Å². The van der Waals surface area contributed by atoms with Gasteiger partial charge in [-0.15, -0.1) is 0 Å². The summed E-state index contributed by atoms with van der Waals surface area (Å²) in [5, 5.41) is 19.7.